The van der Waals surface area contributed by atoms with Crippen molar-refractivity contribution in [2.45, 2.75) is 49.1 Å². The Morgan fingerprint density at radius 1 is 0.550 bits per heavy atom. The molecule has 4 heterocycles. The van der Waals surface area contributed by atoms with E-state index in [1.54, 1.807) is 38.1 Å². The zero-order valence-electron chi connectivity index (χ0n) is 43.0. The van der Waals surface area contributed by atoms with Gasteiger partial charge in [-0.2, -0.15) is 26.3 Å². The zero-order valence-corrected chi connectivity index (χ0v) is 44.6. The molecule has 0 bridgehead atoms. The largest absolute Gasteiger partial charge is 0.480 e. The number of fused-ring (bicyclic) bond motifs is 2. The van der Waals surface area contributed by atoms with Crippen LogP contribution >= 0.6 is 0 Å². The second-order valence-corrected chi connectivity index (χ2v) is 21.0. The molecule has 0 radical (unpaired) electrons. The molecule has 0 spiro atoms. The topological polar surface area (TPSA) is 265 Å². The fraction of sp³-hybridized carbons (Fsp3) is 0.231. The highest BCUT2D eigenvalue weighted by atomic mass is 32.2. The third kappa shape index (κ3) is 13.0. The summed E-state index contributed by atoms with van der Waals surface area (Å²) >= 11 is 0. The Balaban J connectivity index is 0.000000231. The van der Waals surface area contributed by atoms with Crippen molar-refractivity contribution in [2.24, 2.45) is 11.8 Å². The first-order valence-electron chi connectivity index (χ1n) is 23.6. The highest BCUT2D eigenvalue weighted by molar-refractivity contribution is 7.93. The predicted molar refractivity (Wildman–Crippen MR) is 283 cm³/mol. The van der Waals surface area contributed by atoms with Crippen LogP contribution in [0.4, 0.5) is 37.7 Å². The maximum absolute atomic E-state index is 13.5. The molecular formula is C52H48F6N10O10S2. The molecule has 0 saturated carbocycles. The van der Waals surface area contributed by atoms with Gasteiger partial charge < -0.3 is 20.1 Å². The van der Waals surface area contributed by atoms with E-state index in [0.29, 0.717) is 45.4 Å². The minimum atomic E-state index is -4.90. The molecule has 80 heavy (non-hydrogen) atoms. The number of halogens is 6. The number of carbonyl (C=O) groups is 2. The number of hydrogen-bond acceptors (Lipinski definition) is 14. The van der Waals surface area contributed by atoms with Gasteiger partial charge in [0.05, 0.1) is 81.4 Å². The van der Waals surface area contributed by atoms with Crippen molar-refractivity contribution in [1.29, 1.82) is 0 Å². The van der Waals surface area contributed by atoms with Gasteiger partial charge in [0.15, 0.2) is 0 Å². The number of hydrogen-bond donors (Lipinski definition) is 4. The SMILES string of the molecule is CNC(=O)[C@@H](C)Cn1cnc2ccc(-c3cnc(OC)c(NS(=O)(=O)c4ccccc4C(F)(F)F)c3)cc2c1=O.CNC(=O)[C@H](C)Cn1cnc2ccc(-c3cnc(OC)c(NS(=O)(=O)c4ccccc4C(F)(F)F)c3)cc2c1=O. The number of alkyl halides is 6. The van der Waals surface area contributed by atoms with Crippen LogP contribution in [0, 0.1) is 11.8 Å². The molecule has 8 aromatic rings. The first-order valence-corrected chi connectivity index (χ1v) is 26.6. The van der Waals surface area contributed by atoms with E-state index in [1.807, 2.05) is 0 Å². The lowest BCUT2D eigenvalue weighted by Crippen LogP contribution is -2.32. The number of aromatic nitrogens is 6. The number of benzene rings is 4. The molecule has 28 heteroatoms. The number of carbonyl (C=O) groups excluding carboxylic acids is 2. The highest BCUT2D eigenvalue weighted by Crippen LogP contribution is 2.38. The van der Waals surface area contributed by atoms with Crippen molar-refractivity contribution in [3.05, 3.63) is 154 Å². The number of methoxy groups -OCH3 is 2. The van der Waals surface area contributed by atoms with Crippen LogP contribution in [0.25, 0.3) is 44.1 Å². The third-order valence-corrected chi connectivity index (χ3v) is 15.0. The van der Waals surface area contributed by atoms with E-state index < -0.39 is 76.3 Å². The van der Waals surface area contributed by atoms with Crippen LogP contribution in [0.3, 0.4) is 0 Å². The van der Waals surface area contributed by atoms with Gasteiger partial charge in [0, 0.05) is 50.7 Å². The Morgan fingerprint density at radius 3 is 1.25 bits per heavy atom. The first-order chi connectivity index (χ1) is 37.7. The summed E-state index contributed by atoms with van der Waals surface area (Å²) in [6.45, 7) is 3.54. The molecule has 0 aliphatic heterocycles. The van der Waals surface area contributed by atoms with Crippen LogP contribution in [-0.4, -0.2) is 86.0 Å². The van der Waals surface area contributed by atoms with Crippen molar-refractivity contribution in [2.75, 3.05) is 37.8 Å². The Bertz CT molecular complexity index is 3770. The van der Waals surface area contributed by atoms with Gasteiger partial charge in [0.25, 0.3) is 31.2 Å². The highest BCUT2D eigenvalue weighted by Gasteiger charge is 2.38. The fourth-order valence-electron chi connectivity index (χ4n) is 8.15. The van der Waals surface area contributed by atoms with Crippen LogP contribution in [0.15, 0.2) is 141 Å². The Morgan fingerprint density at radius 2 is 0.912 bits per heavy atom. The van der Waals surface area contributed by atoms with Gasteiger partial charge in [-0.15, -0.1) is 0 Å². The quantitative estimate of drug-likeness (QED) is 0.0690. The third-order valence-electron chi connectivity index (χ3n) is 12.2. The smallest absolute Gasteiger partial charge is 0.417 e. The Hall–Kier alpha value is -8.92. The standard InChI is InChI=1S/2C26H24F3N5O5S/c2*1-15(23(35)30-2)13-34-14-32-20-9-8-16(10-18(20)25(34)36)17-11-21(24(39-3)31-12-17)33-40(37,38)22-7-5-4-6-19(22)26(27,28)29/h2*4-12,14-15,33H,13H2,1-3H3,(H,30,35)/t2*15-/m10/s1. The molecule has 420 valence electrons. The zero-order chi connectivity index (χ0) is 58.5. The molecule has 4 N–H and O–H groups in total. The van der Waals surface area contributed by atoms with E-state index in [2.05, 4.69) is 40.0 Å². The average molecular weight is 1150 g/mol. The maximum Gasteiger partial charge on any atom is 0.417 e. The number of sulfonamides is 2. The lowest BCUT2D eigenvalue weighted by atomic mass is 10.0. The Kier molecular flexibility index (Phi) is 17.3. The van der Waals surface area contributed by atoms with Gasteiger partial charge in [0.1, 0.15) is 11.4 Å². The number of rotatable bonds is 16. The van der Waals surface area contributed by atoms with Gasteiger partial charge in [-0.1, -0.05) is 50.2 Å². The predicted octanol–water partition coefficient (Wildman–Crippen LogP) is 7.34. The lowest BCUT2D eigenvalue weighted by molar-refractivity contribution is -0.140. The van der Waals surface area contributed by atoms with Gasteiger partial charge in [0.2, 0.25) is 23.6 Å². The number of anilines is 2. The molecule has 0 fully saturated rings. The van der Waals surface area contributed by atoms with Crippen LogP contribution in [0.2, 0.25) is 0 Å². The van der Waals surface area contributed by atoms with Crippen LogP contribution in [0.5, 0.6) is 11.8 Å². The number of nitrogens with zero attached hydrogens (tertiary/aromatic N) is 6. The summed E-state index contributed by atoms with van der Waals surface area (Å²) < 4.78 is 150. The number of pyridine rings is 2. The molecule has 4 aromatic carbocycles. The average Bonchev–Trinajstić information content (AvgIpc) is 3.45. The lowest BCUT2D eigenvalue weighted by Gasteiger charge is -2.16. The second-order valence-electron chi connectivity index (χ2n) is 17.7. The van der Waals surface area contributed by atoms with Crippen molar-refractivity contribution in [1.82, 2.24) is 39.7 Å². The van der Waals surface area contributed by atoms with E-state index >= 15 is 0 Å². The van der Waals surface area contributed by atoms with Gasteiger partial charge in [-0.05, 0) is 71.8 Å². The van der Waals surface area contributed by atoms with Crippen molar-refractivity contribution < 1.29 is 62.2 Å². The molecule has 2 amide bonds. The van der Waals surface area contributed by atoms with Crippen LogP contribution in [0.1, 0.15) is 25.0 Å². The van der Waals surface area contributed by atoms with Crippen molar-refractivity contribution >= 4 is 65.0 Å². The maximum atomic E-state index is 13.5. The van der Waals surface area contributed by atoms with Gasteiger partial charge in [-0.25, -0.2) is 36.8 Å². The monoisotopic (exact) mass is 1150 g/mol. The molecule has 0 aliphatic carbocycles. The van der Waals surface area contributed by atoms with E-state index in [4.69, 9.17) is 9.47 Å². The molecule has 2 atom stereocenters. The van der Waals surface area contributed by atoms with Gasteiger partial charge in [-0.3, -0.25) is 37.8 Å². The summed E-state index contributed by atoms with van der Waals surface area (Å²) in [6, 6.07) is 19.8. The summed E-state index contributed by atoms with van der Waals surface area (Å²) in [6.07, 6.45) is -4.37. The molecule has 20 nitrogen and oxygen atoms in total. The second kappa shape index (κ2) is 23.6. The van der Waals surface area contributed by atoms with Crippen LogP contribution < -0.4 is 40.7 Å². The van der Waals surface area contributed by atoms with E-state index in [1.165, 1.54) is 98.9 Å². The van der Waals surface area contributed by atoms with Crippen molar-refractivity contribution in [3.8, 4) is 34.0 Å². The van der Waals surface area contributed by atoms with Gasteiger partial charge >= 0.3 is 12.4 Å². The minimum absolute atomic E-state index is 0.0983. The number of ether oxygens (including phenoxy) is 2. The first kappa shape index (κ1) is 58.8. The van der Waals surface area contributed by atoms with Crippen LogP contribution in [-0.2, 0) is 55.1 Å². The molecule has 0 unspecified atom stereocenters. The molecule has 4 aromatic heterocycles. The normalized spacial score (nSPS) is 12.7. The van der Waals surface area contributed by atoms with Crippen molar-refractivity contribution in [3.63, 3.8) is 0 Å². The van der Waals surface area contributed by atoms with E-state index in [9.17, 15) is 62.4 Å². The molecule has 8 rings (SSSR count). The molecular weight excluding hydrogens is 1100 g/mol. The Labute approximate surface area is 452 Å². The summed E-state index contributed by atoms with van der Waals surface area (Å²) in [4.78, 5) is 65.0. The summed E-state index contributed by atoms with van der Waals surface area (Å²) in [5.41, 5.74) is -1.47. The summed E-state index contributed by atoms with van der Waals surface area (Å²) in [5, 5.41) is 5.53. The molecule has 0 saturated heterocycles. The number of amides is 2. The molecule has 0 aliphatic rings. The fourth-order valence-corrected chi connectivity index (χ4v) is 10.7. The van der Waals surface area contributed by atoms with E-state index in [0.717, 1.165) is 24.3 Å². The minimum Gasteiger partial charge on any atom is -0.480 e. The summed E-state index contributed by atoms with van der Waals surface area (Å²) in [5.74, 6) is -1.81. The summed E-state index contributed by atoms with van der Waals surface area (Å²) in [7, 11) is -3.97. The van der Waals surface area contributed by atoms with E-state index in [-0.39, 0.29) is 58.8 Å². The number of nitrogens with one attached hydrogen (secondary N) is 4.